The Morgan fingerprint density at radius 2 is 0.957 bits per heavy atom. The molecule has 1 amide bonds. The number of likely N-dealkylation sites (N-methyl/N-ethyl adjacent to an activating group) is 2. The van der Waals surface area contributed by atoms with E-state index in [9.17, 15) is 33.6 Å². The first-order valence-electron chi connectivity index (χ1n) is 25.4. The molecule has 19 nitrogen and oxygen atoms in total. The highest BCUT2D eigenvalue weighted by atomic mass is 16.5. The lowest BCUT2D eigenvalue weighted by Crippen LogP contribution is -2.34. The molecule has 0 aromatic carbocycles. The number of carboxylic acid groups (broad SMARTS) is 3. The molecular weight excluding hydrogens is 893 g/mol. The van der Waals surface area contributed by atoms with Crippen molar-refractivity contribution >= 4 is 51.2 Å². The molecule has 0 fully saturated rings. The Balaban J connectivity index is -0.000000141. The number of ether oxygens (including phenoxy) is 4. The van der Waals surface area contributed by atoms with E-state index in [0.717, 1.165) is 71.1 Å². The summed E-state index contributed by atoms with van der Waals surface area (Å²) in [6, 6.07) is -1.20. The number of nitrogens with one attached hydrogen (secondary N) is 5. The molecule has 0 aromatic heterocycles. The smallest absolute Gasteiger partial charge is 0.320 e. The van der Waals surface area contributed by atoms with E-state index in [4.69, 9.17) is 42.2 Å². The van der Waals surface area contributed by atoms with Crippen LogP contribution >= 0.6 is 0 Å². The average molecular weight is 996 g/mol. The van der Waals surface area contributed by atoms with Gasteiger partial charge in [0.2, 0.25) is 6.41 Å². The van der Waals surface area contributed by atoms with Crippen molar-refractivity contribution in [2.75, 3.05) is 93.6 Å². The number of hydrogen-bond donors (Lipinski definition) is 8. The zero-order valence-corrected chi connectivity index (χ0v) is 44.5. The van der Waals surface area contributed by atoms with E-state index in [1.54, 1.807) is 7.05 Å². The van der Waals surface area contributed by atoms with Gasteiger partial charge in [0.1, 0.15) is 31.5 Å². The summed E-state index contributed by atoms with van der Waals surface area (Å²) in [5.41, 5.74) is 0. The molecule has 20 heteroatoms. The summed E-state index contributed by atoms with van der Waals surface area (Å²) in [4.78, 5) is 70.5. The van der Waals surface area contributed by atoms with E-state index in [1.807, 2.05) is 48.7 Å². The van der Waals surface area contributed by atoms with E-state index in [0.29, 0.717) is 77.8 Å². The molecule has 0 spiro atoms. The van der Waals surface area contributed by atoms with Gasteiger partial charge in [-0.15, -0.1) is 0 Å². The van der Waals surface area contributed by atoms with Crippen LogP contribution in [0.2, 0.25) is 0 Å². The predicted octanol–water partition coefficient (Wildman–Crippen LogP) is 5.93. The fourth-order valence-electron chi connectivity index (χ4n) is 5.26. The van der Waals surface area contributed by atoms with E-state index < -0.39 is 30.0 Å². The van der Waals surface area contributed by atoms with Gasteiger partial charge in [-0.1, -0.05) is 111 Å². The Morgan fingerprint density at radius 1 is 0.507 bits per heavy atom. The van der Waals surface area contributed by atoms with E-state index >= 15 is 0 Å². The minimum atomic E-state index is -0.913. The monoisotopic (exact) mass is 996 g/mol. The molecule has 2 atom stereocenters. The number of carbonyl (C=O) groups is 7. The first kappa shape index (κ1) is 79.8. The van der Waals surface area contributed by atoms with Gasteiger partial charge in [0.15, 0.2) is 7.98 Å². The molecule has 0 aliphatic carbocycles. The largest absolute Gasteiger partial charge is 0.481 e. The number of rotatable bonds is 45. The average Bonchev–Trinajstić information content (AvgIpc) is 3.35. The van der Waals surface area contributed by atoms with Crippen LogP contribution in [-0.4, -0.2) is 172 Å². The van der Waals surface area contributed by atoms with Gasteiger partial charge >= 0.3 is 17.9 Å². The van der Waals surface area contributed by atoms with Crippen molar-refractivity contribution in [1.82, 2.24) is 26.5 Å². The third kappa shape index (κ3) is 91.5. The highest BCUT2D eigenvalue weighted by molar-refractivity contribution is 6.06. The van der Waals surface area contributed by atoms with E-state index in [-0.39, 0.29) is 13.0 Å². The number of unbranched alkanes of at least 4 members (excludes halogenated alkanes) is 15. The maximum atomic E-state index is 10.4. The highest BCUT2D eigenvalue weighted by Crippen LogP contribution is 2.13. The first-order valence-corrected chi connectivity index (χ1v) is 25.4. The van der Waals surface area contributed by atoms with Crippen molar-refractivity contribution < 1.29 is 67.8 Å². The topological polar surface area (TPSA) is 277 Å². The third-order valence-electron chi connectivity index (χ3n) is 8.96. The van der Waals surface area contributed by atoms with Crippen LogP contribution in [0.25, 0.3) is 0 Å². The van der Waals surface area contributed by atoms with Gasteiger partial charge in [0.05, 0.1) is 45.7 Å². The molecule has 69 heavy (non-hydrogen) atoms. The molecule has 0 saturated heterocycles. The lowest BCUT2D eigenvalue weighted by atomic mass is 10.0. The fourth-order valence-corrected chi connectivity index (χ4v) is 5.26. The first-order chi connectivity index (χ1) is 33.5. The van der Waals surface area contributed by atoms with Gasteiger partial charge in [-0.05, 0) is 66.7 Å². The second-order valence-electron chi connectivity index (χ2n) is 14.5. The summed E-state index contributed by atoms with van der Waals surface area (Å²) < 4.78 is 20.1. The summed E-state index contributed by atoms with van der Waals surface area (Å²) >= 11 is 0. The molecule has 0 heterocycles. The normalized spacial score (nSPS) is 10.6. The number of hydrogen-bond acceptors (Lipinski definition) is 15. The van der Waals surface area contributed by atoms with Crippen LogP contribution in [0.1, 0.15) is 169 Å². The molecule has 410 valence electrons. The molecule has 0 aliphatic rings. The van der Waals surface area contributed by atoms with Crippen molar-refractivity contribution in [3.8, 4) is 0 Å². The van der Waals surface area contributed by atoms with Crippen molar-refractivity contribution in [2.24, 2.45) is 0 Å². The SMILES string of the molecule is CC.CC.CCOCCOCCNC.CNC(CCC=O)C(=O)O.O=CCCCCCCCCCCCCCCCCC(=O)O.O=CCOCCOCCNC=O.[B]NC(CCCCNC)C(=O)O. The molecular formula is C49H102BN5O14. The zero-order valence-electron chi connectivity index (χ0n) is 44.5. The Labute approximate surface area is 419 Å². The van der Waals surface area contributed by atoms with Crippen LogP contribution in [0, 0.1) is 0 Å². The Kier molecular flexibility index (Phi) is 94.3. The van der Waals surface area contributed by atoms with Crippen LogP contribution in [0.4, 0.5) is 0 Å². The molecule has 2 unspecified atom stereocenters. The van der Waals surface area contributed by atoms with Crippen molar-refractivity contribution in [2.45, 2.75) is 182 Å². The second-order valence-corrected chi connectivity index (χ2v) is 14.5. The number of carboxylic acids is 3. The van der Waals surface area contributed by atoms with Gasteiger partial charge in [0, 0.05) is 39.0 Å². The third-order valence-corrected chi connectivity index (χ3v) is 8.96. The summed E-state index contributed by atoms with van der Waals surface area (Å²) in [5.74, 6) is -2.47. The van der Waals surface area contributed by atoms with Gasteiger partial charge in [-0.25, -0.2) is 0 Å². The lowest BCUT2D eigenvalue weighted by Gasteiger charge is -2.10. The minimum absolute atomic E-state index is 0.107. The highest BCUT2D eigenvalue weighted by Gasteiger charge is 2.13. The van der Waals surface area contributed by atoms with Crippen LogP contribution < -0.4 is 26.5 Å². The Bertz CT molecular complexity index is 1000. The molecule has 0 bridgehead atoms. The van der Waals surface area contributed by atoms with Crippen LogP contribution in [0.5, 0.6) is 0 Å². The van der Waals surface area contributed by atoms with E-state index in [2.05, 4.69) is 26.5 Å². The lowest BCUT2D eigenvalue weighted by molar-refractivity contribution is -0.140. The number of aliphatic carboxylic acids is 3. The van der Waals surface area contributed by atoms with E-state index in [1.165, 1.54) is 70.6 Å². The van der Waals surface area contributed by atoms with Crippen LogP contribution in [0.3, 0.4) is 0 Å². The van der Waals surface area contributed by atoms with Gasteiger partial charge < -0.3 is 75.1 Å². The quantitative estimate of drug-likeness (QED) is 0.0199. The summed E-state index contributed by atoms with van der Waals surface area (Å²) in [6.45, 7) is 16.7. The predicted molar refractivity (Wildman–Crippen MR) is 277 cm³/mol. The minimum Gasteiger partial charge on any atom is -0.481 e. The Morgan fingerprint density at radius 3 is 1.35 bits per heavy atom. The zero-order chi connectivity index (χ0) is 53.7. The van der Waals surface area contributed by atoms with Gasteiger partial charge in [-0.2, -0.15) is 0 Å². The molecule has 0 rings (SSSR count). The van der Waals surface area contributed by atoms with Gasteiger partial charge in [-0.3, -0.25) is 19.2 Å². The van der Waals surface area contributed by atoms with Gasteiger partial charge in [0.25, 0.3) is 0 Å². The maximum absolute atomic E-state index is 10.4. The van der Waals surface area contributed by atoms with Crippen molar-refractivity contribution in [3.05, 3.63) is 0 Å². The number of aldehydes is 3. The summed E-state index contributed by atoms with van der Waals surface area (Å²) in [7, 11) is 10.4. The summed E-state index contributed by atoms with van der Waals surface area (Å²) in [6.07, 6.45) is 24.4. The Hall–Kier alpha value is -3.37. The number of amides is 1. The van der Waals surface area contributed by atoms with Crippen LogP contribution in [-0.2, 0) is 52.5 Å². The summed E-state index contributed by atoms with van der Waals surface area (Å²) in [5, 5.41) is 38.8. The van der Waals surface area contributed by atoms with Crippen molar-refractivity contribution in [3.63, 3.8) is 0 Å². The molecule has 8 N–H and O–H groups in total. The molecule has 2 radical (unpaired) electrons. The second kappa shape index (κ2) is 81.6. The van der Waals surface area contributed by atoms with Crippen molar-refractivity contribution in [1.29, 1.82) is 0 Å². The molecule has 0 aliphatic heterocycles. The van der Waals surface area contributed by atoms with Crippen LogP contribution in [0.15, 0.2) is 0 Å². The fraction of sp³-hybridized carbons (Fsp3) is 0.857. The molecule has 0 saturated carbocycles. The maximum Gasteiger partial charge on any atom is 0.320 e. The standard InChI is InChI=1S/C18H34O3.C7H15BN2O2.C7H13NO4.C7H17NO2.C6H11NO3.2C2H6/c19-17-15-13-11-9-7-5-3-1-2-4-6-8-10-12-14-16-18(20)21;1-9-5-3-2-4-6(10-8)7(11)12;9-2-4-12-6-5-11-3-1-8-7-10;1-3-9-6-7-10-5-4-8-2;1-7-5(6(9)10)3-2-4-8;2*1-2/h17H,1-16H2,(H,20,21);6,9-10H,2-5H2,1H3,(H,11,12);2,7H,1,3-6H2,(H,8,10);8H,3-7H2,1-2H3;4-5,7H,2-3H2,1H3,(H,9,10);2*1-2H3. The number of carbonyl (C=O) groups excluding carboxylic acids is 4. The molecule has 0 aromatic rings.